The Morgan fingerprint density at radius 1 is 0.889 bits per heavy atom. The standard InChI is InChI=1S/C12H8N4O2/c17-11-8-6-9(7-4-2-1-3-5-7)13-14-10(8)12(18)16-15-11/h1-6H,(H,15,17)(H,16,18). The van der Waals surface area contributed by atoms with Crippen molar-refractivity contribution in [2.75, 3.05) is 0 Å². The molecule has 0 saturated carbocycles. The SMILES string of the molecule is O=c1[nH][nH]c(=O)c2nnc(-c3ccccc3)cc12. The lowest BCUT2D eigenvalue weighted by atomic mass is 10.1. The van der Waals surface area contributed by atoms with Gasteiger partial charge >= 0.3 is 0 Å². The highest BCUT2D eigenvalue weighted by Gasteiger charge is 2.07. The number of rotatable bonds is 1. The molecule has 6 heteroatoms. The second-order valence-electron chi connectivity index (χ2n) is 3.77. The van der Waals surface area contributed by atoms with E-state index < -0.39 is 11.1 Å². The summed E-state index contributed by atoms with van der Waals surface area (Å²) in [5.74, 6) is 0. The molecule has 18 heavy (non-hydrogen) atoms. The minimum Gasteiger partial charge on any atom is -0.267 e. The normalized spacial score (nSPS) is 10.7. The lowest BCUT2D eigenvalue weighted by Gasteiger charge is -2.00. The Balaban J connectivity index is 2.33. The van der Waals surface area contributed by atoms with Gasteiger partial charge in [0.05, 0.1) is 11.1 Å². The van der Waals surface area contributed by atoms with E-state index >= 15 is 0 Å². The second-order valence-corrected chi connectivity index (χ2v) is 3.77. The van der Waals surface area contributed by atoms with Gasteiger partial charge in [0.2, 0.25) is 0 Å². The Hall–Kier alpha value is -2.76. The summed E-state index contributed by atoms with van der Waals surface area (Å²) >= 11 is 0. The fourth-order valence-corrected chi connectivity index (χ4v) is 1.72. The molecule has 0 amide bonds. The van der Waals surface area contributed by atoms with Crippen molar-refractivity contribution < 1.29 is 0 Å². The predicted molar refractivity (Wildman–Crippen MR) is 66.2 cm³/mol. The zero-order valence-corrected chi connectivity index (χ0v) is 9.18. The van der Waals surface area contributed by atoms with Crippen molar-refractivity contribution in [3.05, 3.63) is 57.1 Å². The van der Waals surface area contributed by atoms with Gasteiger partial charge in [-0.25, -0.2) is 0 Å². The molecule has 0 bridgehead atoms. The van der Waals surface area contributed by atoms with E-state index in [0.717, 1.165) is 5.56 Å². The van der Waals surface area contributed by atoms with Crippen LogP contribution in [0.5, 0.6) is 0 Å². The van der Waals surface area contributed by atoms with Crippen LogP contribution in [-0.2, 0) is 0 Å². The first-order chi connectivity index (χ1) is 8.75. The van der Waals surface area contributed by atoms with Crippen molar-refractivity contribution in [3.8, 4) is 11.3 Å². The Bertz CT molecular complexity index is 821. The number of benzene rings is 1. The van der Waals surface area contributed by atoms with Gasteiger partial charge in [-0.2, -0.15) is 0 Å². The smallest absolute Gasteiger partial charge is 0.267 e. The summed E-state index contributed by atoms with van der Waals surface area (Å²) in [6, 6.07) is 10.9. The third-order valence-corrected chi connectivity index (χ3v) is 2.61. The Kier molecular flexibility index (Phi) is 2.26. The average Bonchev–Trinajstić information content (AvgIpc) is 2.44. The maximum atomic E-state index is 11.6. The molecule has 0 aliphatic heterocycles. The van der Waals surface area contributed by atoms with Crippen LogP contribution in [0.3, 0.4) is 0 Å². The Labute approximate surface area is 100 Å². The lowest BCUT2D eigenvalue weighted by molar-refractivity contribution is 0.953. The van der Waals surface area contributed by atoms with Crippen LogP contribution in [0, 0.1) is 0 Å². The van der Waals surface area contributed by atoms with Crippen LogP contribution in [0.1, 0.15) is 0 Å². The van der Waals surface area contributed by atoms with Crippen LogP contribution in [0.15, 0.2) is 46.0 Å². The highest BCUT2D eigenvalue weighted by Crippen LogP contribution is 2.16. The molecule has 0 spiro atoms. The lowest BCUT2D eigenvalue weighted by Crippen LogP contribution is -2.20. The summed E-state index contributed by atoms with van der Waals surface area (Å²) < 4.78 is 0. The molecular weight excluding hydrogens is 232 g/mol. The monoisotopic (exact) mass is 240 g/mol. The van der Waals surface area contributed by atoms with E-state index in [1.807, 2.05) is 30.3 Å². The van der Waals surface area contributed by atoms with Crippen LogP contribution in [-0.4, -0.2) is 20.4 Å². The first-order valence-corrected chi connectivity index (χ1v) is 5.29. The number of H-pyrrole nitrogens is 2. The molecule has 0 aliphatic rings. The van der Waals surface area contributed by atoms with Crippen LogP contribution < -0.4 is 11.1 Å². The predicted octanol–water partition coefficient (Wildman–Crippen LogP) is 0.673. The fraction of sp³-hybridized carbons (Fsp3) is 0. The minimum absolute atomic E-state index is 0.0402. The highest BCUT2D eigenvalue weighted by atomic mass is 16.1. The van der Waals surface area contributed by atoms with Crippen molar-refractivity contribution in [1.29, 1.82) is 0 Å². The van der Waals surface area contributed by atoms with Crippen molar-refractivity contribution in [1.82, 2.24) is 20.4 Å². The van der Waals surface area contributed by atoms with E-state index in [0.29, 0.717) is 5.69 Å². The molecule has 3 rings (SSSR count). The van der Waals surface area contributed by atoms with Crippen LogP contribution in [0.25, 0.3) is 22.2 Å². The molecule has 0 atom stereocenters. The van der Waals surface area contributed by atoms with E-state index in [-0.39, 0.29) is 10.9 Å². The van der Waals surface area contributed by atoms with Crippen molar-refractivity contribution in [3.63, 3.8) is 0 Å². The number of aromatic amines is 2. The van der Waals surface area contributed by atoms with Crippen molar-refractivity contribution in [2.24, 2.45) is 0 Å². The van der Waals surface area contributed by atoms with Gasteiger partial charge in [-0.1, -0.05) is 30.3 Å². The molecule has 6 nitrogen and oxygen atoms in total. The van der Waals surface area contributed by atoms with Crippen LogP contribution in [0.4, 0.5) is 0 Å². The maximum absolute atomic E-state index is 11.6. The molecule has 3 aromatic rings. The average molecular weight is 240 g/mol. The van der Waals surface area contributed by atoms with Crippen molar-refractivity contribution in [2.45, 2.75) is 0 Å². The molecule has 0 radical (unpaired) electrons. The number of hydrogen-bond donors (Lipinski definition) is 2. The number of aromatic nitrogens is 4. The van der Waals surface area contributed by atoms with Crippen molar-refractivity contribution >= 4 is 10.9 Å². The van der Waals surface area contributed by atoms with Gasteiger partial charge in [0.15, 0.2) is 5.52 Å². The third-order valence-electron chi connectivity index (χ3n) is 2.61. The molecule has 2 aromatic heterocycles. The Morgan fingerprint density at radius 3 is 2.39 bits per heavy atom. The topological polar surface area (TPSA) is 91.5 Å². The first kappa shape index (κ1) is 10.4. The summed E-state index contributed by atoms with van der Waals surface area (Å²) in [6.07, 6.45) is 0. The third kappa shape index (κ3) is 1.60. The molecule has 0 fully saturated rings. The van der Waals surface area contributed by atoms with E-state index in [9.17, 15) is 9.59 Å². The first-order valence-electron chi connectivity index (χ1n) is 5.29. The summed E-state index contributed by atoms with van der Waals surface area (Å²) in [5, 5.41) is 12.5. The summed E-state index contributed by atoms with van der Waals surface area (Å²) in [5.41, 5.74) is 0.581. The van der Waals surface area contributed by atoms with Gasteiger partial charge in [-0.15, -0.1) is 10.2 Å². The van der Waals surface area contributed by atoms with Gasteiger partial charge in [0.25, 0.3) is 11.1 Å². The van der Waals surface area contributed by atoms with Gasteiger partial charge < -0.3 is 0 Å². The largest absolute Gasteiger partial charge is 0.291 e. The fourth-order valence-electron chi connectivity index (χ4n) is 1.72. The number of fused-ring (bicyclic) bond motifs is 1. The van der Waals surface area contributed by atoms with Gasteiger partial charge in [-0.3, -0.25) is 19.8 Å². The van der Waals surface area contributed by atoms with E-state index in [1.165, 1.54) is 0 Å². The van der Waals surface area contributed by atoms with Gasteiger partial charge in [0.1, 0.15) is 0 Å². The van der Waals surface area contributed by atoms with E-state index in [2.05, 4.69) is 20.4 Å². The van der Waals surface area contributed by atoms with Gasteiger partial charge in [-0.05, 0) is 6.07 Å². The molecular formula is C12H8N4O2. The van der Waals surface area contributed by atoms with Crippen LogP contribution in [0.2, 0.25) is 0 Å². The molecule has 2 N–H and O–H groups in total. The number of nitrogens with one attached hydrogen (secondary N) is 2. The van der Waals surface area contributed by atoms with E-state index in [1.54, 1.807) is 6.07 Å². The highest BCUT2D eigenvalue weighted by molar-refractivity contribution is 5.79. The summed E-state index contributed by atoms with van der Waals surface area (Å²) in [4.78, 5) is 23.1. The molecule has 2 heterocycles. The molecule has 0 saturated heterocycles. The Morgan fingerprint density at radius 2 is 1.61 bits per heavy atom. The summed E-state index contributed by atoms with van der Waals surface area (Å²) in [6.45, 7) is 0. The van der Waals surface area contributed by atoms with E-state index in [4.69, 9.17) is 0 Å². The maximum Gasteiger partial charge on any atom is 0.291 e. The zero-order valence-electron chi connectivity index (χ0n) is 9.18. The molecule has 0 unspecified atom stereocenters. The quantitative estimate of drug-likeness (QED) is 0.654. The minimum atomic E-state index is -0.461. The van der Waals surface area contributed by atoms with Gasteiger partial charge in [0, 0.05) is 5.56 Å². The van der Waals surface area contributed by atoms with Crippen LogP contribution >= 0.6 is 0 Å². The second kappa shape index (κ2) is 3.92. The molecule has 1 aromatic carbocycles. The molecule has 88 valence electrons. The zero-order chi connectivity index (χ0) is 12.5. The number of nitrogens with zero attached hydrogens (tertiary/aromatic N) is 2. The molecule has 0 aliphatic carbocycles. The summed E-state index contributed by atoms with van der Waals surface area (Å²) in [7, 11) is 0. The number of hydrogen-bond acceptors (Lipinski definition) is 4.